The maximum absolute atomic E-state index is 10.8. The second kappa shape index (κ2) is 7.88. The van der Waals surface area contributed by atoms with Gasteiger partial charge in [0.05, 0.1) is 30.8 Å². The first-order chi connectivity index (χ1) is 13.0. The molecule has 3 aromatic rings. The number of pyridine rings is 1. The Balaban J connectivity index is 1.74. The third kappa shape index (κ3) is 4.24. The average molecular weight is 369 g/mol. The van der Waals surface area contributed by atoms with Gasteiger partial charge in [0.2, 0.25) is 0 Å². The Morgan fingerprint density at radius 1 is 1.11 bits per heavy atom. The lowest BCUT2D eigenvalue weighted by Crippen LogP contribution is -2.13. The van der Waals surface area contributed by atoms with E-state index in [0.717, 1.165) is 0 Å². The first kappa shape index (κ1) is 18.4. The molecule has 0 aliphatic carbocycles. The summed E-state index contributed by atoms with van der Waals surface area (Å²) in [6.07, 6.45) is -0.802. The summed E-state index contributed by atoms with van der Waals surface area (Å²) in [6.45, 7) is 0.224. The van der Waals surface area contributed by atoms with Crippen LogP contribution in [0.3, 0.4) is 0 Å². The van der Waals surface area contributed by atoms with Crippen molar-refractivity contribution in [2.24, 2.45) is 0 Å². The van der Waals surface area contributed by atoms with E-state index >= 15 is 0 Å². The quantitative estimate of drug-likeness (QED) is 0.486. The highest BCUT2D eigenvalue weighted by Gasteiger charge is 2.12. The second-order valence-electron chi connectivity index (χ2n) is 5.87. The second-order valence-corrected chi connectivity index (χ2v) is 5.87. The van der Waals surface area contributed by atoms with E-state index in [1.54, 1.807) is 50.6 Å². The summed E-state index contributed by atoms with van der Waals surface area (Å²) in [5.41, 5.74) is 1.30. The number of nitrogens with one attached hydrogen (secondary N) is 1. The zero-order chi connectivity index (χ0) is 19.4. The molecule has 0 amide bonds. The van der Waals surface area contributed by atoms with Crippen LogP contribution in [-0.2, 0) is 0 Å². The van der Waals surface area contributed by atoms with Crippen LogP contribution < -0.4 is 14.8 Å². The van der Waals surface area contributed by atoms with E-state index in [-0.39, 0.29) is 12.2 Å². The lowest BCUT2D eigenvalue weighted by Gasteiger charge is -2.15. The van der Waals surface area contributed by atoms with Gasteiger partial charge in [-0.2, -0.15) is 0 Å². The van der Waals surface area contributed by atoms with Crippen molar-refractivity contribution in [1.82, 2.24) is 4.98 Å². The highest BCUT2D eigenvalue weighted by Crippen LogP contribution is 2.27. The van der Waals surface area contributed by atoms with Crippen LogP contribution in [0.5, 0.6) is 11.5 Å². The van der Waals surface area contributed by atoms with Crippen LogP contribution in [-0.4, -0.2) is 35.8 Å². The fourth-order valence-electron chi connectivity index (χ4n) is 2.67. The van der Waals surface area contributed by atoms with Crippen molar-refractivity contribution in [1.29, 1.82) is 0 Å². The number of fused-ring (bicyclic) bond motifs is 1. The van der Waals surface area contributed by atoms with E-state index in [9.17, 15) is 15.2 Å². The number of rotatable bonds is 7. The van der Waals surface area contributed by atoms with Crippen LogP contribution in [0.2, 0.25) is 0 Å². The maximum Gasteiger partial charge on any atom is 0.270 e. The van der Waals surface area contributed by atoms with E-state index in [2.05, 4.69) is 10.3 Å². The van der Waals surface area contributed by atoms with Gasteiger partial charge in [0, 0.05) is 30.1 Å². The number of hydrogen-bond acceptors (Lipinski definition) is 7. The Morgan fingerprint density at radius 3 is 2.44 bits per heavy atom. The van der Waals surface area contributed by atoms with Crippen LogP contribution in [0.25, 0.3) is 10.9 Å². The molecule has 0 aliphatic heterocycles. The number of nitrogens with zero attached hydrogens (tertiary/aromatic N) is 2. The molecule has 0 radical (unpaired) electrons. The molecule has 2 N–H and O–H groups in total. The van der Waals surface area contributed by atoms with E-state index in [1.165, 1.54) is 12.1 Å². The largest absolute Gasteiger partial charge is 0.497 e. The topological polar surface area (TPSA) is 107 Å². The fourth-order valence-corrected chi connectivity index (χ4v) is 2.67. The Labute approximate surface area is 155 Å². The number of aliphatic hydroxyl groups is 1. The zero-order valence-electron chi connectivity index (χ0n) is 14.9. The molecule has 0 fully saturated rings. The monoisotopic (exact) mass is 369 g/mol. The van der Waals surface area contributed by atoms with Crippen LogP contribution in [0.1, 0.15) is 11.7 Å². The number of hydrogen-bond donors (Lipinski definition) is 2. The lowest BCUT2D eigenvalue weighted by molar-refractivity contribution is -0.384. The van der Waals surface area contributed by atoms with Crippen molar-refractivity contribution in [3.8, 4) is 11.5 Å². The molecule has 0 bridgehead atoms. The summed E-state index contributed by atoms with van der Waals surface area (Å²) in [4.78, 5) is 14.8. The molecule has 8 nitrogen and oxygen atoms in total. The first-order valence-electron chi connectivity index (χ1n) is 8.20. The SMILES string of the molecule is COc1cc(OC)cc(C(O)CNc2ccc3cc([N+](=O)[O-])ccc3n2)c1. The molecule has 27 heavy (non-hydrogen) atoms. The molecular weight excluding hydrogens is 350 g/mol. The van der Waals surface area contributed by atoms with Crippen LogP contribution in [0, 0.1) is 10.1 Å². The van der Waals surface area contributed by atoms with Crippen molar-refractivity contribution in [3.05, 3.63) is 64.2 Å². The predicted molar refractivity (Wildman–Crippen MR) is 101 cm³/mol. The predicted octanol–water partition coefficient (Wildman–Crippen LogP) is 3.31. The highest BCUT2D eigenvalue weighted by atomic mass is 16.6. The molecule has 3 rings (SSSR count). The third-order valence-electron chi connectivity index (χ3n) is 4.12. The fraction of sp³-hybridized carbons (Fsp3) is 0.211. The van der Waals surface area contributed by atoms with E-state index in [0.29, 0.717) is 33.8 Å². The van der Waals surface area contributed by atoms with Gasteiger partial charge in [-0.15, -0.1) is 0 Å². The van der Waals surface area contributed by atoms with Gasteiger partial charge in [-0.3, -0.25) is 10.1 Å². The van der Waals surface area contributed by atoms with Crippen molar-refractivity contribution in [2.75, 3.05) is 26.1 Å². The summed E-state index contributed by atoms with van der Waals surface area (Å²) in [5.74, 6) is 1.74. The zero-order valence-corrected chi connectivity index (χ0v) is 14.9. The minimum Gasteiger partial charge on any atom is -0.497 e. The van der Waals surface area contributed by atoms with E-state index in [4.69, 9.17) is 9.47 Å². The number of ether oxygens (including phenoxy) is 2. The van der Waals surface area contributed by atoms with Crippen molar-refractivity contribution >= 4 is 22.4 Å². The molecule has 1 aromatic heterocycles. The summed E-state index contributed by atoms with van der Waals surface area (Å²) >= 11 is 0. The van der Waals surface area contributed by atoms with Gasteiger partial charge in [-0.25, -0.2) is 4.98 Å². The molecule has 140 valence electrons. The summed E-state index contributed by atoms with van der Waals surface area (Å²) in [5, 5.41) is 25.0. The number of aliphatic hydroxyl groups excluding tert-OH is 1. The summed E-state index contributed by atoms with van der Waals surface area (Å²) < 4.78 is 10.4. The normalized spacial score (nSPS) is 11.8. The first-order valence-corrected chi connectivity index (χ1v) is 8.20. The van der Waals surface area contributed by atoms with E-state index < -0.39 is 11.0 Å². The molecule has 8 heteroatoms. The number of methoxy groups -OCH3 is 2. The Kier molecular flexibility index (Phi) is 5.37. The number of nitro benzene ring substituents is 1. The number of aromatic nitrogens is 1. The number of anilines is 1. The maximum atomic E-state index is 10.8. The van der Waals surface area contributed by atoms with Gasteiger partial charge in [0.1, 0.15) is 17.3 Å². The Morgan fingerprint density at radius 2 is 1.81 bits per heavy atom. The Hall–Kier alpha value is -3.39. The minimum absolute atomic E-state index is 0.0207. The van der Waals surface area contributed by atoms with Gasteiger partial charge in [0.15, 0.2) is 0 Å². The number of benzene rings is 2. The van der Waals surface area contributed by atoms with Crippen molar-refractivity contribution in [3.63, 3.8) is 0 Å². The molecule has 0 saturated carbocycles. The number of non-ortho nitro benzene ring substituents is 1. The van der Waals surface area contributed by atoms with Gasteiger partial charge < -0.3 is 19.9 Å². The summed E-state index contributed by atoms with van der Waals surface area (Å²) in [6, 6.07) is 13.2. The molecule has 1 atom stereocenters. The van der Waals surface area contributed by atoms with Gasteiger partial charge in [0.25, 0.3) is 5.69 Å². The van der Waals surface area contributed by atoms with Crippen LogP contribution in [0.15, 0.2) is 48.5 Å². The average Bonchev–Trinajstić information content (AvgIpc) is 2.70. The van der Waals surface area contributed by atoms with Crippen LogP contribution in [0.4, 0.5) is 11.5 Å². The Bertz CT molecular complexity index is 954. The number of nitro groups is 1. The van der Waals surface area contributed by atoms with Crippen molar-refractivity contribution in [2.45, 2.75) is 6.10 Å². The van der Waals surface area contributed by atoms with Gasteiger partial charge >= 0.3 is 0 Å². The third-order valence-corrected chi connectivity index (χ3v) is 4.12. The smallest absolute Gasteiger partial charge is 0.270 e. The molecular formula is C19H19N3O5. The molecule has 2 aromatic carbocycles. The van der Waals surface area contributed by atoms with Crippen molar-refractivity contribution < 1.29 is 19.5 Å². The standard InChI is InChI=1S/C19H19N3O5/c1-26-15-8-13(9-16(10-15)27-2)18(23)11-20-19-6-3-12-7-14(22(24)25)4-5-17(12)21-19/h3-10,18,23H,11H2,1-2H3,(H,20,21). The highest BCUT2D eigenvalue weighted by molar-refractivity contribution is 5.82. The molecule has 1 heterocycles. The van der Waals surface area contributed by atoms with Crippen LogP contribution >= 0.6 is 0 Å². The van der Waals surface area contributed by atoms with E-state index in [1.807, 2.05) is 0 Å². The molecule has 0 spiro atoms. The molecule has 1 unspecified atom stereocenters. The lowest BCUT2D eigenvalue weighted by atomic mass is 10.1. The molecule has 0 saturated heterocycles. The molecule has 0 aliphatic rings. The van der Waals surface area contributed by atoms with Gasteiger partial charge in [-0.1, -0.05) is 0 Å². The minimum atomic E-state index is -0.802. The summed E-state index contributed by atoms with van der Waals surface area (Å²) in [7, 11) is 3.10. The van der Waals surface area contributed by atoms with Gasteiger partial charge in [-0.05, 0) is 35.9 Å².